The molecule has 0 atom stereocenters. The Hall–Kier alpha value is -4.39. The second-order valence-electron chi connectivity index (χ2n) is 11.3. The minimum Gasteiger partial charge on any atom is -0.486 e. The number of imidazole rings is 1. The first kappa shape index (κ1) is 34.0. The fraction of sp³-hybridized carbons (Fsp3) is 0.364. The van der Waals surface area contributed by atoms with Gasteiger partial charge in [-0.2, -0.15) is 4.98 Å². The zero-order valence-corrected chi connectivity index (χ0v) is 28.0. The first-order valence-corrected chi connectivity index (χ1v) is 16.0. The molecule has 3 amide bonds. The van der Waals surface area contributed by atoms with Crippen molar-refractivity contribution in [1.82, 2.24) is 30.1 Å². The van der Waals surface area contributed by atoms with Crippen molar-refractivity contribution in [1.29, 1.82) is 0 Å². The van der Waals surface area contributed by atoms with Crippen molar-refractivity contribution in [3.05, 3.63) is 76.0 Å². The second kappa shape index (κ2) is 15.5. The van der Waals surface area contributed by atoms with E-state index in [1.54, 1.807) is 38.6 Å². The van der Waals surface area contributed by atoms with Gasteiger partial charge in [0.2, 0.25) is 17.7 Å². The Bertz CT molecular complexity index is 1740. The standard InChI is InChI=1S/C33H37Cl2N7O5/c1-21(43)38-22-12-15-41(16-13-22)19-29(44)37-17-30(45)40(2)26-11-10-25(34)24(31(26)35)20-47-28-9-6-8-27-32(28)39-33(46-3)42(27)18-23-7-4-5-14-36-23/h4-11,14,22H,12-13,15-20H2,1-3H3,(H,37,44)(H,38,43). The maximum atomic E-state index is 13.1. The summed E-state index contributed by atoms with van der Waals surface area (Å²) in [5, 5.41) is 6.25. The van der Waals surface area contributed by atoms with Crippen LogP contribution in [0.1, 0.15) is 31.0 Å². The average Bonchev–Trinajstić information content (AvgIpc) is 3.42. The van der Waals surface area contributed by atoms with Gasteiger partial charge in [0, 0.05) is 49.9 Å². The van der Waals surface area contributed by atoms with Crippen LogP contribution in [0.5, 0.6) is 11.8 Å². The molecule has 1 aliphatic heterocycles. The van der Waals surface area contributed by atoms with Crippen LogP contribution in [0, 0.1) is 0 Å². The number of rotatable bonds is 12. The molecule has 248 valence electrons. The van der Waals surface area contributed by atoms with Crippen molar-refractivity contribution in [2.24, 2.45) is 0 Å². The summed E-state index contributed by atoms with van der Waals surface area (Å²) in [6.07, 6.45) is 3.28. The number of amides is 3. The van der Waals surface area contributed by atoms with Gasteiger partial charge in [0.1, 0.15) is 17.9 Å². The fourth-order valence-electron chi connectivity index (χ4n) is 5.51. The minimum absolute atomic E-state index is 0.0113. The highest BCUT2D eigenvalue weighted by Crippen LogP contribution is 2.36. The maximum Gasteiger partial charge on any atom is 0.297 e. The third-order valence-electron chi connectivity index (χ3n) is 8.01. The molecule has 12 nitrogen and oxygen atoms in total. The van der Waals surface area contributed by atoms with Gasteiger partial charge < -0.3 is 25.0 Å². The number of ether oxygens (including phenoxy) is 2. The number of fused-ring (bicyclic) bond motifs is 1. The number of anilines is 1. The number of aromatic nitrogens is 3. The fourth-order valence-corrected chi connectivity index (χ4v) is 6.12. The molecule has 3 heterocycles. The summed E-state index contributed by atoms with van der Waals surface area (Å²) < 4.78 is 13.7. The van der Waals surface area contributed by atoms with E-state index in [0.29, 0.717) is 53.2 Å². The Morgan fingerprint density at radius 1 is 1.06 bits per heavy atom. The molecule has 0 unspecified atom stereocenters. The lowest BCUT2D eigenvalue weighted by atomic mass is 10.1. The number of nitrogens with zero attached hydrogens (tertiary/aromatic N) is 5. The van der Waals surface area contributed by atoms with Crippen LogP contribution in [-0.4, -0.2) is 83.5 Å². The lowest BCUT2D eigenvalue weighted by Crippen LogP contribution is -2.48. The molecular weight excluding hydrogens is 645 g/mol. The normalized spacial score (nSPS) is 13.7. The zero-order chi connectivity index (χ0) is 33.5. The van der Waals surface area contributed by atoms with E-state index in [4.69, 9.17) is 32.7 Å². The third-order valence-corrected chi connectivity index (χ3v) is 8.78. The van der Waals surface area contributed by atoms with Crippen LogP contribution in [0.4, 0.5) is 5.69 Å². The van der Waals surface area contributed by atoms with Crippen molar-refractivity contribution in [3.8, 4) is 11.8 Å². The van der Waals surface area contributed by atoms with Gasteiger partial charge in [-0.05, 0) is 49.2 Å². The van der Waals surface area contributed by atoms with E-state index in [-0.39, 0.29) is 48.5 Å². The Labute approximate surface area is 282 Å². The highest BCUT2D eigenvalue weighted by atomic mass is 35.5. The van der Waals surface area contributed by atoms with Crippen molar-refractivity contribution in [2.45, 2.75) is 39.0 Å². The Kier molecular flexibility index (Phi) is 11.2. The molecule has 2 aromatic carbocycles. The van der Waals surface area contributed by atoms with Gasteiger partial charge in [-0.1, -0.05) is 35.3 Å². The van der Waals surface area contributed by atoms with E-state index >= 15 is 0 Å². The molecule has 4 aromatic rings. The number of carbonyl (C=O) groups excluding carboxylic acids is 3. The number of hydrogen-bond acceptors (Lipinski definition) is 8. The monoisotopic (exact) mass is 681 g/mol. The molecule has 1 saturated heterocycles. The smallest absolute Gasteiger partial charge is 0.297 e. The third kappa shape index (κ3) is 8.31. The highest BCUT2D eigenvalue weighted by molar-refractivity contribution is 6.38. The van der Waals surface area contributed by atoms with Crippen molar-refractivity contribution in [3.63, 3.8) is 0 Å². The Balaban J connectivity index is 1.21. The number of hydrogen-bond donors (Lipinski definition) is 2. The summed E-state index contributed by atoms with van der Waals surface area (Å²) in [6, 6.07) is 15.2. The van der Waals surface area contributed by atoms with E-state index in [1.807, 2.05) is 39.8 Å². The SMILES string of the molecule is COc1nc2c(OCc3c(Cl)ccc(N(C)C(=O)CNC(=O)CN4CCC(NC(C)=O)CC4)c3Cl)cccc2n1Cc1ccccn1. The molecule has 47 heavy (non-hydrogen) atoms. The molecule has 5 rings (SSSR count). The largest absolute Gasteiger partial charge is 0.486 e. The van der Waals surface area contributed by atoms with Crippen molar-refractivity contribution in [2.75, 3.05) is 45.2 Å². The molecule has 2 aromatic heterocycles. The van der Waals surface area contributed by atoms with E-state index in [1.165, 1.54) is 11.8 Å². The van der Waals surface area contributed by atoms with Crippen LogP contribution >= 0.6 is 23.2 Å². The summed E-state index contributed by atoms with van der Waals surface area (Å²) in [7, 11) is 3.15. The number of pyridine rings is 1. The van der Waals surface area contributed by atoms with Gasteiger partial charge in [-0.3, -0.25) is 28.8 Å². The van der Waals surface area contributed by atoms with Crippen molar-refractivity contribution >= 4 is 57.6 Å². The van der Waals surface area contributed by atoms with Gasteiger partial charge in [0.15, 0.2) is 0 Å². The maximum absolute atomic E-state index is 13.1. The predicted octanol–water partition coefficient (Wildman–Crippen LogP) is 4.05. The molecule has 0 radical (unpaired) electrons. The molecular formula is C33H37Cl2N7O5. The van der Waals surface area contributed by atoms with E-state index in [2.05, 4.69) is 20.6 Å². The number of methoxy groups -OCH3 is 1. The van der Waals surface area contributed by atoms with Crippen LogP contribution < -0.4 is 25.0 Å². The molecule has 0 aliphatic carbocycles. The van der Waals surface area contributed by atoms with E-state index < -0.39 is 0 Å². The minimum atomic E-state index is -0.353. The summed E-state index contributed by atoms with van der Waals surface area (Å²) >= 11 is 13.3. The number of benzene rings is 2. The molecule has 0 saturated carbocycles. The first-order valence-electron chi connectivity index (χ1n) is 15.2. The summed E-state index contributed by atoms with van der Waals surface area (Å²) in [6.45, 7) is 3.32. The quantitative estimate of drug-likeness (QED) is 0.229. The lowest BCUT2D eigenvalue weighted by molar-refractivity contribution is -0.126. The van der Waals surface area contributed by atoms with Crippen LogP contribution in [0.2, 0.25) is 10.0 Å². The number of nitrogens with one attached hydrogen (secondary N) is 2. The predicted molar refractivity (Wildman–Crippen MR) is 180 cm³/mol. The topological polar surface area (TPSA) is 131 Å². The highest BCUT2D eigenvalue weighted by Gasteiger charge is 2.23. The second-order valence-corrected chi connectivity index (χ2v) is 12.0. The van der Waals surface area contributed by atoms with Crippen LogP contribution in [-0.2, 0) is 27.5 Å². The molecule has 0 bridgehead atoms. The molecule has 0 spiro atoms. The number of likely N-dealkylation sites (N-methyl/N-ethyl adjacent to an activating group) is 1. The Morgan fingerprint density at radius 3 is 2.55 bits per heavy atom. The van der Waals surface area contributed by atoms with Gasteiger partial charge in [0.05, 0.1) is 48.7 Å². The molecule has 14 heteroatoms. The van der Waals surface area contributed by atoms with Crippen LogP contribution in [0.15, 0.2) is 54.7 Å². The van der Waals surface area contributed by atoms with Gasteiger partial charge >= 0.3 is 0 Å². The van der Waals surface area contributed by atoms with E-state index in [9.17, 15) is 14.4 Å². The number of halogens is 2. The number of para-hydroxylation sites is 1. The number of likely N-dealkylation sites (tertiary alicyclic amines) is 1. The van der Waals surface area contributed by atoms with Crippen LogP contribution in [0.3, 0.4) is 0 Å². The first-order chi connectivity index (χ1) is 22.6. The Morgan fingerprint density at radius 2 is 1.85 bits per heavy atom. The van der Waals surface area contributed by atoms with Crippen LogP contribution in [0.25, 0.3) is 11.0 Å². The average molecular weight is 683 g/mol. The van der Waals surface area contributed by atoms with Crippen molar-refractivity contribution < 1.29 is 23.9 Å². The van der Waals surface area contributed by atoms with Gasteiger partial charge in [0.25, 0.3) is 6.01 Å². The lowest BCUT2D eigenvalue weighted by Gasteiger charge is -2.31. The van der Waals surface area contributed by atoms with Gasteiger partial charge in [-0.25, -0.2) is 0 Å². The molecule has 1 fully saturated rings. The van der Waals surface area contributed by atoms with Gasteiger partial charge in [-0.15, -0.1) is 0 Å². The summed E-state index contributed by atoms with van der Waals surface area (Å²) in [5.74, 6) is -0.156. The molecule has 1 aliphatic rings. The summed E-state index contributed by atoms with van der Waals surface area (Å²) in [4.78, 5) is 49.4. The zero-order valence-electron chi connectivity index (χ0n) is 26.5. The number of piperidine rings is 1. The van der Waals surface area contributed by atoms with E-state index in [0.717, 1.165) is 24.1 Å². The summed E-state index contributed by atoms with van der Waals surface area (Å²) in [5.41, 5.74) is 3.18. The molecule has 2 N–H and O–H groups in total. The number of carbonyl (C=O) groups is 3.